The zero-order valence-electron chi connectivity index (χ0n) is 10.6. The fraction of sp³-hybridized carbons (Fsp3) is 0.231. The minimum absolute atomic E-state index is 0.450. The van der Waals surface area contributed by atoms with Gasteiger partial charge >= 0.3 is 0 Å². The van der Waals surface area contributed by atoms with Crippen molar-refractivity contribution in [3.63, 3.8) is 0 Å². The molecule has 0 aliphatic heterocycles. The van der Waals surface area contributed by atoms with Gasteiger partial charge in [0.2, 0.25) is 0 Å². The largest absolute Gasteiger partial charge is 0.334 e. The molecular weight excluding hydrogens is 322 g/mol. The zero-order valence-corrected chi connectivity index (χ0v) is 12.2. The van der Waals surface area contributed by atoms with E-state index in [9.17, 15) is 0 Å². The SMILES string of the molecule is BrCCc1cn(Cc2noc(-c3ccccc3)n2)nn1. The summed E-state index contributed by atoms with van der Waals surface area (Å²) in [5.41, 5.74) is 1.85. The third kappa shape index (κ3) is 2.93. The highest BCUT2D eigenvalue weighted by atomic mass is 79.9. The summed E-state index contributed by atoms with van der Waals surface area (Å²) in [5, 5.41) is 12.9. The van der Waals surface area contributed by atoms with Gasteiger partial charge in [0.15, 0.2) is 5.82 Å². The highest BCUT2D eigenvalue weighted by molar-refractivity contribution is 9.09. The van der Waals surface area contributed by atoms with Crippen LogP contribution in [0.5, 0.6) is 0 Å². The van der Waals surface area contributed by atoms with Crippen LogP contribution in [0.2, 0.25) is 0 Å². The van der Waals surface area contributed by atoms with Crippen LogP contribution >= 0.6 is 15.9 Å². The summed E-state index contributed by atoms with van der Waals surface area (Å²) in [6.45, 7) is 0.450. The number of hydrogen-bond donors (Lipinski definition) is 0. The molecule has 0 N–H and O–H groups in total. The fourth-order valence-electron chi connectivity index (χ4n) is 1.79. The van der Waals surface area contributed by atoms with Gasteiger partial charge in [-0.05, 0) is 12.1 Å². The molecule has 0 fully saturated rings. The van der Waals surface area contributed by atoms with Crippen molar-refractivity contribution in [2.24, 2.45) is 0 Å². The van der Waals surface area contributed by atoms with Crippen molar-refractivity contribution in [3.8, 4) is 11.5 Å². The van der Waals surface area contributed by atoms with E-state index in [2.05, 4.69) is 36.4 Å². The minimum Gasteiger partial charge on any atom is -0.334 e. The smallest absolute Gasteiger partial charge is 0.257 e. The molecule has 0 unspecified atom stereocenters. The maximum Gasteiger partial charge on any atom is 0.257 e. The Balaban J connectivity index is 1.73. The van der Waals surface area contributed by atoms with Crippen LogP contribution in [0.25, 0.3) is 11.5 Å². The predicted molar refractivity (Wildman–Crippen MR) is 76.4 cm³/mol. The number of alkyl halides is 1. The molecule has 0 saturated heterocycles. The molecule has 0 saturated carbocycles. The molecule has 0 amide bonds. The third-order valence-electron chi connectivity index (χ3n) is 2.73. The second kappa shape index (κ2) is 5.96. The van der Waals surface area contributed by atoms with Gasteiger partial charge in [0.25, 0.3) is 5.89 Å². The molecule has 2 aromatic heterocycles. The first kappa shape index (κ1) is 13.0. The lowest BCUT2D eigenvalue weighted by atomic mass is 10.2. The molecule has 2 heterocycles. The Morgan fingerprint density at radius 1 is 1.20 bits per heavy atom. The molecule has 0 aliphatic rings. The van der Waals surface area contributed by atoms with Crippen LogP contribution < -0.4 is 0 Å². The summed E-state index contributed by atoms with van der Waals surface area (Å²) in [6.07, 6.45) is 2.74. The van der Waals surface area contributed by atoms with Crippen LogP contribution in [0, 0.1) is 0 Å². The van der Waals surface area contributed by atoms with E-state index in [-0.39, 0.29) is 0 Å². The van der Waals surface area contributed by atoms with Crippen molar-refractivity contribution in [2.75, 3.05) is 5.33 Å². The van der Waals surface area contributed by atoms with Crippen molar-refractivity contribution >= 4 is 15.9 Å². The molecule has 6 nitrogen and oxygen atoms in total. The van der Waals surface area contributed by atoms with Gasteiger partial charge in [0, 0.05) is 23.5 Å². The van der Waals surface area contributed by atoms with Gasteiger partial charge in [-0.3, -0.25) is 0 Å². The monoisotopic (exact) mass is 333 g/mol. The quantitative estimate of drug-likeness (QED) is 0.670. The first-order valence-electron chi connectivity index (χ1n) is 6.18. The fourth-order valence-corrected chi connectivity index (χ4v) is 2.19. The Morgan fingerprint density at radius 2 is 2.05 bits per heavy atom. The number of nitrogens with zero attached hydrogens (tertiary/aromatic N) is 5. The molecule has 0 radical (unpaired) electrons. The predicted octanol–water partition coefficient (Wildman–Crippen LogP) is 2.31. The van der Waals surface area contributed by atoms with Crippen LogP contribution in [0.4, 0.5) is 0 Å². The summed E-state index contributed by atoms with van der Waals surface area (Å²) in [4.78, 5) is 4.36. The molecule has 0 aliphatic carbocycles. The Morgan fingerprint density at radius 3 is 2.85 bits per heavy atom. The molecule has 20 heavy (non-hydrogen) atoms. The Labute approximate surface area is 123 Å². The van der Waals surface area contributed by atoms with Gasteiger partial charge in [0.05, 0.1) is 5.69 Å². The van der Waals surface area contributed by atoms with Gasteiger partial charge < -0.3 is 4.52 Å². The molecule has 3 rings (SSSR count). The lowest BCUT2D eigenvalue weighted by Gasteiger charge is -1.93. The number of aryl methyl sites for hydroxylation is 1. The minimum atomic E-state index is 0.450. The van der Waals surface area contributed by atoms with Crippen LogP contribution in [-0.2, 0) is 13.0 Å². The van der Waals surface area contributed by atoms with Crippen molar-refractivity contribution in [1.29, 1.82) is 0 Å². The highest BCUT2D eigenvalue weighted by Crippen LogP contribution is 2.16. The lowest BCUT2D eigenvalue weighted by molar-refractivity contribution is 0.418. The maximum absolute atomic E-state index is 5.25. The van der Waals surface area contributed by atoms with Crippen molar-refractivity contribution in [1.82, 2.24) is 25.1 Å². The normalized spacial score (nSPS) is 10.8. The van der Waals surface area contributed by atoms with E-state index in [0.29, 0.717) is 18.3 Å². The van der Waals surface area contributed by atoms with E-state index < -0.39 is 0 Å². The molecule has 7 heteroatoms. The van der Waals surface area contributed by atoms with Crippen LogP contribution in [0.1, 0.15) is 11.5 Å². The average Bonchev–Trinajstić information content (AvgIpc) is 3.11. The number of halogens is 1. The lowest BCUT2D eigenvalue weighted by Crippen LogP contribution is -2.02. The second-order valence-electron chi connectivity index (χ2n) is 4.23. The third-order valence-corrected chi connectivity index (χ3v) is 3.13. The van der Waals surface area contributed by atoms with Crippen LogP contribution in [0.3, 0.4) is 0 Å². The number of rotatable bonds is 5. The summed E-state index contributed by atoms with van der Waals surface area (Å²) in [6, 6.07) is 9.68. The van der Waals surface area contributed by atoms with E-state index >= 15 is 0 Å². The van der Waals surface area contributed by atoms with E-state index in [1.54, 1.807) is 4.68 Å². The van der Waals surface area contributed by atoms with E-state index in [4.69, 9.17) is 4.52 Å². The van der Waals surface area contributed by atoms with Crippen molar-refractivity contribution in [2.45, 2.75) is 13.0 Å². The Bertz CT molecular complexity index is 679. The molecule has 0 bridgehead atoms. The summed E-state index contributed by atoms with van der Waals surface area (Å²) in [7, 11) is 0. The molecule has 102 valence electrons. The van der Waals surface area contributed by atoms with Crippen LogP contribution in [-0.4, -0.2) is 30.5 Å². The number of benzene rings is 1. The Hall–Kier alpha value is -2.02. The van der Waals surface area contributed by atoms with E-state index in [1.165, 1.54) is 0 Å². The first-order valence-corrected chi connectivity index (χ1v) is 7.30. The first-order chi connectivity index (χ1) is 9.85. The highest BCUT2D eigenvalue weighted by Gasteiger charge is 2.09. The molecule has 1 aromatic carbocycles. The molecular formula is C13H12BrN5O. The Kier molecular flexibility index (Phi) is 3.87. The number of aromatic nitrogens is 5. The molecule has 0 atom stereocenters. The summed E-state index contributed by atoms with van der Waals surface area (Å²) >= 11 is 3.37. The van der Waals surface area contributed by atoms with Crippen LogP contribution in [0.15, 0.2) is 41.1 Å². The molecule has 3 aromatic rings. The van der Waals surface area contributed by atoms with Crippen molar-refractivity contribution < 1.29 is 4.52 Å². The standard InChI is InChI=1S/C13H12BrN5O/c14-7-6-11-8-19(18-16-11)9-12-15-13(20-17-12)10-4-2-1-3-5-10/h1-5,8H,6-7,9H2. The van der Waals surface area contributed by atoms with E-state index in [0.717, 1.165) is 23.0 Å². The molecule has 0 spiro atoms. The van der Waals surface area contributed by atoms with E-state index in [1.807, 2.05) is 36.5 Å². The van der Waals surface area contributed by atoms with Gasteiger partial charge in [-0.25, -0.2) is 4.68 Å². The van der Waals surface area contributed by atoms with Gasteiger partial charge in [0.1, 0.15) is 6.54 Å². The van der Waals surface area contributed by atoms with Gasteiger partial charge in [-0.2, -0.15) is 4.98 Å². The van der Waals surface area contributed by atoms with Gasteiger partial charge in [-0.15, -0.1) is 5.10 Å². The summed E-state index contributed by atoms with van der Waals surface area (Å²) in [5.74, 6) is 1.10. The second-order valence-corrected chi connectivity index (χ2v) is 5.02. The topological polar surface area (TPSA) is 69.6 Å². The average molecular weight is 334 g/mol. The van der Waals surface area contributed by atoms with Crippen molar-refractivity contribution in [3.05, 3.63) is 48.0 Å². The number of hydrogen-bond acceptors (Lipinski definition) is 5. The zero-order chi connectivity index (χ0) is 13.8. The summed E-state index contributed by atoms with van der Waals surface area (Å²) < 4.78 is 6.95. The maximum atomic E-state index is 5.25. The van der Waals surface area contributed by atoms with Gasteiger partial charge in [-0.1, -0.05) is 44.5 Å².